The maximum atomic E-state index is 12.5. The third-order valence-electron chi connectivity index (χ3n) is 4.01. The van der Waals surface area contributed by atoms with Gasteiger partial charge in [-0.2, -0.15) is 13.2 Å². The van der Waals surface area contributed by atoms with Crippen LogP contribution in [0.2, 0.25) is 0 Å². The summed E-state index contributed by atoms with van der Waals surface area (Å²) in [5, 5.41) is 18.6. The van der Waals surface area contributed by atoms with E-state index >= 15 is 0 Å². The van der Waals surface area contributed by atoms with E-state index in [1.807, 2.05) is 42.2 Å². The fourth-order valence-electron chi connectivity index (χ4n) is 2.48. The van der Waals surface area contributed by atoms with Crippen LogP contribution in [0.1, 0.15) is 21.7 Å². The lowest BCUT2D eigenvalue weighted by Gasteiger charge is -2.26. The number of carboxylic acid groups (broad SMARTS) is 1. The van der Waals surface area contributed by atoms with Crippen LogP contribution in [0, 0.1) is 6.92 Å². The van der Waals surface area contributed by atoms with Gasteiger partial charge in [-0.15, -0.1) is 5.10 Å². The summed E-state index contributed by atoms with van der Waals surface area (Å²) in [6.45, 7) is 5.66. The number of amides is 1. The Morgan fingerprint density at radius 2 is 1.75 bits per heavy atom. The van der Waals surface area contributed by atoms with E-state index in [9.17, 15) is 18.0 Å². The molecule has 11 heteroatoms. The molecule has 1 amide bonds. The van der Waals surface area contributed by atoms with Gasteiger partial charge in [0.25, 0.3) is 5.91 Å². The van der Waals surface area contributed by atoms with Crippen molar-refractivity contribution in [3.63, 3.8) is 0 Å². The van der Waals surface area contributed by atoms with Gasteiger partial charge in [0.1, 0.15) is 0 Å². The maximum Gasteiger partial charge on any atom is 0.490 e. The lowest BCUT2D eigenvalue weighted by Crippen LogP contribution is -2.46. The van der Waals surface area contributed by atoms with Gasteiger partial charge in [-0.3, -0.25) is 4.79 Å². The molecule has 8 nitrogen and oxygen atoms in total. The summed E-state index contributed by atoms with van der Waals surface area (Å²) in [4.78, 5) is 23.2. The van der Waals surface area contributed by atoms with Gasteiger partial charge < -0.3 is 15.3 Å². The Kier molecular flexibility index (Phi) is 7.10. The van der Waals surface area contributed by atoms with Crippen LogP contribution in [0.3, 0.4) is 0 Å². The molecule has 1 aliphatic rings. The number of carboxylic acids is 1. The maximum absolute atomic E-state index is 12.5. The molecule has 152 valence electrons. The van der Waals surface area contributed by atoms with Crippen molar-refractivity contribution in [2.24, 2.45) is 0 Å². The van der Waals surface area contributed by atoms with Gasteiger partial charge in [-0.25, -0.2) is 9.48 Å². The van der Waals surface area contributed by atoms with Gasteiger partial charge in [0.2, 0.25) is 0 Å². The van der Waals surface area contributed by atoms with Crippen molar-refractivity contribution in [2.45, 2.75) is 19.6 Å². The van der Waals surface area contributed by atoms with Gasteiger partial charge in [-0.1, -0.05) is 35.5 Å². The molecule has 1 fully saturated rings. The minimum Gasteiger partial charge on any atom is -0.475 e. The molecule has 1 aliphatic heterocycles. The Labute approximate surface area is 158 Å². The molecule has 3 rings (SSSR count). The zero-order chi connectivity index (χ0) is 20.7. The summed E-state index contributed by atoms with van der Waals surface area (Å²) >= 11 is 0. The van der Waals surface area contributed by atoms with E-state index in [0.29, 0.717) is 12.2 Å². The number of hydrogen-bond acceptors (Lipinski definition) is 5. The number of aromatic nitrogens is 3. The average molecular weight is 399 g/mol. The SMILES string of the molecule is Cc1c(C(=O)N2CCNCC2)nnn1Cc1ccccc1.O=C(O)C(F)(F)F. The first-order valence-corrected chi connectivity index (χ1v) is 8.44. The molecule has 0 aliphatic carbocycles. The zero-order valence-electron chi connectivity index (χ0n) is 15.1. The second-order valence-electron chi connectivity index (χ2n) is 6.01. The molecular weight excluding hydrogens is 379 g/mol. The van der Waals surface area contributed by atoms with Gasteiger partial charge in [0.05, 0.1) is 12.2 Å². The Balaban J connectivity index is 0.000000345. The van der Waals surface area contributed by atoms with Crippen LogP contribution in [0.15, 0.2) is 30.3 Å². The van der Waals surface area contributed by atoms with Crippen molar-refractivity contribution < 1.29 is 27.9 Å². The molecule has 0 radical (unpaired) electrons. The summed E-state index contributed by atoms with van der Waals surface area (Å²) in [5.41, 5.74) is 2.43. The third-order valence-corrected chi connectivity index (χ3v) is 4.01. The summed E-state index contributed by atoms with van der Waals surface area (Å²) in [5.74, 6) is -2.78. The second kappa shape index (κ2) is 9.31. The highest BCUT2D eigenvalue weighted by Crippen LogP contribution is 2.13. The molecule has 0 unspecified atom stereocenters. The highest BCUT2D eigenvalue weighted by atomic mass is 19.4. The van der Waals surface area contributed by atoms with Crippen molar-refractivity contribution in [1.82, 2.24) is 25.2 Å². The Bertz CT molecular complexity index is 802. The van der Waals surface area contributed by atoms with Crippen molar-refractivity contribution in [1.29, 1.82) is 0 Å². The predicted molar refractivity (Wildman–Crippen MR) is 92.8 cm³/mol. The highest BCUT2D eigenvalue weighted by Gasteiger charge is 2.38. The van der Waals surface area contributed by atoms with Crippen LogP contribution >= 0.6 is 0 Å². The van der Waals surface area contributed by atoms with Crippen LogP contribution in [0.5, 0.6) is 0 Å². The number of benzene rings is 1. The van der Waals surface area contributed by atoms with Gasteiger partial charge in [-0.05, 0) is 12.5 Å². The van der Waals surface area contributed by atoms with Crippen LogP contribution in [-0.4, -0.2) is 69.2 Å². The number of carbonyl (C=O) groups is 2. The average Bonchev–Trinajstić information content (AvgIpc) is 3.03. The van der Waals surface area contributed by atoms with Crippen molar-refractivity contribution in [2.75, 3.05) is 26.2 Å². The van der Waals surface area contributed by atoms with Gasteiger partial charge in [0, 0.05) is 26.2 Å². The number of hydrogen-bond donors (Lipinski definition) is 2. The number of nitrogens with zero attached hydrogens (tertiary/aromatic N) is 4. The summed E-state index contributed by atoms with van der Waals surface area (Å²) < 4.78 is 33.5. The van der Waals surface area contributed by atoms with E-state index in [1.54, 1.807) is 4.68 Å². The largest absolute Gasteiger partial charge is 0.490 e. The van der Waals surface area contributed by atoms with Gasteiger partial charge in [0.15, 0.2) is 5.69 Å². The van der Waals surface area contributed by atoms with E-state index in [4.69, 9.17) is 9.90 Å². The summed E-state index contributed by atoms with van der Waals surface area (Å²) in [6, 6.07) is 10.1. The molecule has 1 aromatic heterocycles. The van der Waals surface area contributed by atoms with Crippen LogP contribution in [-0.2, 0) is 11.3 Å². The smallest absolute Gasteiger partial charge is 0.475 e. The first-order valence-electron chi connectivity index (χ1n) is 8.44. The minimum absolute atomic E-state index is 0.0201. The quantitative estimate of drug-likeness (QED) is 0.807. The summed E-state index contributed by atoms with van der Waals surface area (Å²) in [6.07, 6.45) is -5.08. The zero-order valence-corrected chi connectivity index (χ0v) is 15.1. The fraction of sp³-hybridized carbons (Fsp3) is 0.412. The minimum atomic E-state index is -5.08. The standard InChI is InChI=1S/C15H19N5O.C2HF3O2/c1-12-14(15(21)19-9-7-16-8-10-19)17-18-20(12)11-13-5-3-2-4-6-13;3-2(4,5)1(6)7/h2-6,16H,7-11H2,1H3;(H,6,7). The molecule has 1 saturated heterocycles. The third kappa shape index (κ3) is 5.78. The molecule has 28 heavy (non-hydrogen) atoms. The van der Waals surface area contributed by atoms with E-state index in [-0.39, 0.29) is 5.91 Å². The van der Waals surface area contributed by atoms with Crippen LogP contribution in [0.25, 0.3) is 0 Å². The van der Waals surface area contributed by atoms with E-state index in [1.165, 1.54) is 0 Å². The van der Waals surface area contributed by atoms with Gasteiger partial charge >= 0.3 is 12.1 Å². The molecule has 2 heterocycles. The van der Waals surface area contributed by atoms with E-state index in [2.05, 4.69) is 15.6 Å². The number of halogens is 3. The molecular formula is C17H20F3N5O3. The van der Waals surface area contributed by atoms with E-state index in [0.717, 1.165) is 37.4 Å². The number of rotatable bonds is 3. The molecule has 0 spiro atoms. The monoisotopic (exact) mass is 399 g/mol. The van der Waals surface area contributed by atoms with Crippen LogP contribution in [0.4, 0.5) is 13.2 Å². The molecule has 1 aromatic carbocycles. The van der Waals surface area contributed by atoms with Crippen molar-refractivity contribution in [3.8, 4) is 0 Å². The highest BCUT2D eigenvalue weighted by molar-refractivity contribution is 5.93. The Morgan fingerprint density at radius 1 is 1.18 bits per heavy atom. The fourth-order valence-corrected chi connectivity index (χ4v) is 2.48. The van der Waals surface area contributed by atoms with Crippen LogP contribution < -0.4 is 5.32 Å². The molecule has 0 bridgehead atoms. The predicted octanol–water partition coefficient (Wildman–Crippen LogP) is 1.31. The lowest BCUT2D eigenvalue weighted by molar-refractivity contribution is -0.192. The first-order chi connectivity index (χ1) is 13.2. The number of piperazine rings is 1. The van der Waals surface area contributed by atoms with Crippen molar-refractivity contribution >= 4 is 11.9 Å². The molecule has 2 N–H and O–H groups in total. The normalized spacial score (nSPS) is 14.2. The van der Waals surface area contributed by atoms with E-state index < -0.39 is 12.1 Å². The number of carbonyl (C=O) groups excluding carboxylic acids is 1. The Hall–Kier alpha value is -2.95. The molecule has 0 atom stereocenters. The number of aliphatic carboxylic acids is 1. The lowest BCUT2D eigenvalue weighted by atomic mass is 10.2. The van der Waals surface area contributed by atoms with Crippen molar-refractivity contribution in [3.05, 3.63) is 47.3 Å². The second-order valence-corrected chi connectivity index (χ2v) is 6.01. The molecule has 2 aromatic rings. The molecule has 0 saturated carbocycles. The Morgan fingerprint density at radius 3 is 2.29 bits per heavy atom. The number of nitrogens with one attached hydrogen (secondary N) is 1. The number of alkyl halides is 3. The topological polar surface area (TPSA) is 100 Å². The first kappa shape index (κ1) is 21.4. The summed E-state index contributed by atoms with van der Waals surface area (Å²) in [7, 11) is 0.